The lowest BCUT2D eigenvalue weighted by atomic mass is 10.1. The topological polar surface area (TPSA) is 28.2 Å². The Balaban J connectivity index is 2.88. The number of nitrogens with one attached hydrogen (secondary N) is 1. The van der Waals surface area contributed by atoms with Crippen molar-refractivity contribution in [3.63, 3.8) is 0 Å². The fraction of sp³-hybridized carbons (Fsp3) is 0.688. The van der Waals surface area contributed by atoms with E-state index in [9.17, 15) is 0 Å². The normalized spacial score (nSPS) is 13.3. The highest BCUT2D eigenvalue weighted by Gasteiger charge is 2.17. The summed E-state index contributed by atoms with van der Waals surface area (Å²) in [5.74, 6) is 1.15. The van der Waals surface area contributed by atoms with E-state index in [1.165, 1.54) is 11.3 Å². The predicted octanol–water partition coefficient (Wildman–Crippen LogP) is 3.55. The molecule has 20 heavy (non-hydrogen) atoms. The van der Waals surface area contributed by atoms with Gasteiger partial charge in [-0.25, -0.2) is 0 Å². The van der Waals surface area contributed by atoms with Crippen molar-refractivity contribution in [1.82, 2.24) is 10.3 Å². The number of aromatic nitrogens is 1. The van der Waals surface area contributed by atoms with Gasteiger partial charge in [0.25, 0.3) is 0 Å². The first-order chi connectivity index (χ1) is 9.39. The van der Waals surface area contributed by atoms with Gasteiger partial charge in [0.1, 0.15) is 0 Å². The van der Waals surface area contributed by atoms with Crippen molar-refractivity contribution in [2.75, 3.05) is 24.0 Å². The van der Waals surface area contributed by atoms with Gasteiger partial charge in [-0.1, -0.05) is 6.92 Å². The molecule has 1 heterocycles. The lowest BCUT2D eigenvalue weighted by Crippen LogP contribution is -2.37. The van der Waals surface area contributed by atoms with Crippen LogP contribution in [0.3, 0.4) is 0 Å². The molecule has 1 rings (SSSR count). The van der Waals surface area contributed by atoms with E-state index in [1.807, 2.05) is 24.2 Å². The average molecular weight is 295 g/mol. The molecule has 0 fully saturated rings. The largest absolute Gasteiger partial charge is 0.369 e. The van der Waals surface area contributed by atoms with Crippen molar-refractivity contribution in [2.24, 2.45) is 0 Å². The van der Waals surface area contributed by atoms with E-state index < -0.39 is 0 Å². The maximum absolute atomic E-state index is 4.31. The van der Waals surface area contributed by atoms with Gasteiger partial charge in [-0.2, -0.15) is 11.8 Å². The average Bonchev–Trinajstić information content (AvgIpc) is 2.41. The second-order valence-corrected chi connectivity index (χ2v) is 7.15. The Kier molecular flexibility index (Phi) is 6.83. The molecule has 0 aromatic carbocycles. The monoisotopic (exact) mass is 295 g/mol. The third-order valence-electron chi connectivity index (χ3n) is 3.45. The maximum atomic E-state index is 4.31. The highest BCUT2D eigenvalue weighted by molar-refractivity contribution is 7.98. The number of anilines is 1. The van der Waals surface area contributed by atoms with Gasteiger partial charge in [-0.15, -0.1) is 0 Å². The standard InChI is InChI=1S/C16H29N3S/c1-7-14(12-20-6)19(5)15-11-17-9-8-13(15)10-18-16(2,3)4/h8-9,11,14,18H,7,10,12H2,1-6H3. The molecule has 0 saturated heterocycles. The van der Waals surface area contributed by atoms with Crippen molar-refractivity contribution in [3.05, 3.63) is 24.0 Å². The third-order valence-corrected chi connectivity index (χ3v) is 4.17. The minimum Gasteiger partial charge on any atom is -0.369 e. The number of rotatable bonds is 7. The molecule has 0 amide bonds. The molecule has 1 aromatic heterocycles. The Morgan fingerprint density at radius 2 is 2.10 bits per heavy atom. The summed E-state index contributed by atoms with van der Waals surface area (Å²) in [5.41, 5.74) is 2.69. The molecule has 0 radical (unpaired) electrons. The zero-order valence-corrected chi connectivity index (χ0v) is 14.5. The van der Waals surface area contributed by atoms with E-state index in [0.717, 1.165) is 18.7 Å². The number of pyridine rings is 1. The minimum atomic E-state index is 0.128. The Morgan fingerprint density at radius 3 is 2.65 bits per heavy atom. The Morgan fingerprint density at radius 1 is 1.40 bits per heavy atom. The second-order valence-electron chi connectivity index (χ2n) is 6.24. The zero-order valence-electron chi connectivity index (χ0n) is 13.7. The fourth-order valence-corrected chi connectivity index (χ4v) is 2.98. The van der Waals surface area contributed by atoms with Gasteiger partial charge >= 0.3 is 0 Å². The van der Waals surface area contributed by atoms with Crippen molar-refractivity contribution in [3.8, 4) is 0 Å². The molecule has 0 saturated carbocycles. The number of thioether (sulfide) groups is 1. The Bertz CT molecular complexity index is 401. The highest BCUT2D eigenvalue weighted by Crippen LogP contribution is 2.23. The van der Waals surface area contributed by atoms with Crippen molar-refractivity contribution in [2.45, 2.75) is 52.2 Å². The molecule has 1 atom stereocenters. The molecular formula is C16H29N3S. The molecule has 0 bridgehead atoms. The van der Waals surface area contributed by atoms with Crippen LogP contribution in [0, 0.1) is 0 Å². The smallest absolute Gasteiger partial charge is 0.0598 e. The zero-order chi connectivity index (χ0) is 15.2. The second kappa shape index (κ2) is 7.89. The Labute approximate surface area is 128 Å². The molecule has 0 aliphatic rings. The van der Waals surface area contributed by atoms with E-state index in [4.69, 9.17) is 0 Å². The summed E-state index contributed by atoms with van der Waals surface area (Å²) < 4.78 is 0. The fourth-order valence-electron chi connectivity index (χ4n) is 2.13. The van der Waals surface area contributed by atoms with Crippen LogP contribution >= 0.6 is 11.8 Å². The minimum absolute atomic E-state index is 0.128. The van der Waals surface area contributed by atoms with Crippen LogP contribution in [0.1, 0.15) is 39.7 Å². The van der Waals surface area contributed by atoms with Gasteiger partial charge in [-0.3, -0.25) is 4.98 Å². The van der Waals surface area contributed by atoms with Crippen molar-refractivity contribution >= 4 is 17.4 Å². The van der Waals surface area contributed by atoms with E-state index >= 15 is 0 Å². The first-order valence-electron chi connectivity index (χ1n) is 7.28. The third kappa shape index (κ3) is 5.33. The van der Waals surface area contributed by atoms with Crippen LogP contribution in [0.2, 0.25) is 0 Å². The number of hydrogen-bond acceptors (Lipinski definition) is 4. The molecule has 1 unspecified atom stereocenters. The first-order valence-corrected chi connectivity index (χ1v) is 8.68. The van der Waals surface area contributed by atoms with Gasteiger partial charge < -0.3 is 10.2 Å². The summed E-state index contributed by atoms with van der Waals surface area (Å²) in [6.07, 6.45) is 7.19. The van der Waals surface area contributed by atoms with E-state index in [1.54, 1.807) is 0 Å². The summed E-state index contributed by atoms with van der Waals surface area (Å²) in [5, 5.41) is 3.56. The van der Waals surface area contributed by atoms with Crippen molar-refractivity contribution < 1.29 is 0 Å². The van der Waals surface area contributed by atoms with Crippen molar-refractivity contribution in [1.29, 1.82) is 0 Å². The summed E-state index contributed by atoms with van der Waals surface area (Å²) in [4.78, 5) is 6.69. The first kappa shape index (κ1) is 17.3. The van der Waals surface area contributed by atoms with Crippen LogP contribution in [-0.4, -0.2) is 35.6 Å². The summed E-state index contributed by atoms with van der Waals surface area (Å²) >= 11 is 1.90. The molecule has 0 spiro atoms. The summed E-state index contributed by atoms with van der Waals surface area (Å²) in [7, 11) is 2.18. The van der Waals surface area contributed by atoms with Crippen LogP contribution in [0.15, 0.2) is 18.5 Å². The van der Waals surface area contributed by atoms with Gasteiger partial charge in [-0.05, 0) is 45.1 Å². The van der Waals surface area contributed by atoms with Crippen LogP contribution in [0.25, 0.3) is 0 Å². The van der Waals surface area contributed by atoms with Gasteiger partial charge in [0.05, 0.1) is 11.9 Å². The van der Waals surface area contributed by atoms with E-state index in [0.29, 0.717) is 6.04 Å². The quantitative estimate of drug-likeness (QED) is 0.832. The predicted molar refractivity (Wildman–Crippen MR) is 91.7 cm³/mol. The molecule has 1 N–H and O–H groups in total. The molecule has 0 aliphatic heterocycles. The van der Waals surface area contributed by atoms with E-state index in [2.05, 4.69) is 62.3 Å². The lowest BCUT2D eigenvalue weighted by Gasteiger charge is -2.31. The van der Waals surface area contributed by atoms with Crippen LogP contribution in [0.4, 0.5) is 5.69 Å². The highest BCUT2D eigenvalue weighted by atomic mass is 32.2. The molecular weight excluding hydrogens is 266 g/mol. The van der Waals surface area contributed by atoms with Gasteiger partial charge in [0.15, 0.2) is 0 Å². The molecule has 4 heteroatoms. The van der Waals surface area contributed by atoms with Crippen LogP contribution in [0.5, 0.6) is 0 Å². The van der Waals surface area contributed by atoms with Gasteiger partial charge in [0.2, 0.25) is 0 Å². The SMILES string of the molecule is CCC(CSC)N(C)c1cnccc1CNC(C)(C)C. The lowest BCUT2D eigenvalue weighted by molar-refractivity contribution is 0.424. The molecule has 114 valence electrons. The number of nitrogens with zero attached hydrogens (tertiary/aromatic N) is 2. The molecule has 0 aliphatic carbocycles. The van der Waals surface area contributed by atoms with Gasteiger partial charge in [0, 0.05) is 37.1 Å². The Hall–Kier alpha value is -0.740. The summed E-state index contributed by atoms with van der Waals surface area (Å²) in [6, 6.07) is 2.68. The van der Waals surface area contributed by atoms with Crippen LogP contribution in [-0.2, 0) is 6.54 Å². The molecule has 1 aromatic rings. The number of hydrogen-bond donors (Lipinski definition) is 1. The van der Waals surface area contributed by atoms with E-state index in [-0.39, 0.29) is 5.54 Å². The summed E-state index contributed by atoms with van der Waals surface area (Å²) in [6.45, 7) is 9.71. The maximum Gasteiger partial charge on any atom is 0.0598 e. The molecule has 3 nitrogen and oxygen atoms in total. The van der Waals surface area contributed by atoms with Crippen LogP contribution < -0.4 is 10.2 Å².